The van der Waals surface area contributed by atoms with Crippen LogP contribution in [0.5, 0.6) is 0 Å². The molecule has 0 atom stereocenters. The van der Waals surface area contributed by atoms with Crippen molar-refractivity contribution in [2.24, 2.45) is 5.41 Å². The normalized spacial score (nSPS) is 11.6. The summed E-state index contributed by atoms with van der Waals surface area (Å²) >= 11 is 0. The van der Waals surface area contributed by atoms with Crippen molar-refractivity contribution in [3.05, 3.63) is 0 Å². The van der Waals surface area contributed by atoms with Gasteiger partial charge in [0, 0.05) is 38.0 Å². The van der Waals surface area contributed by atoms with E-state index in [1.165, 1.54) is 0 Å². The first-order valence-corrected chi connectivity index (χ1v) is 8.48. The number of nitrogens with one attached hydrogen (secondary N) is 4. The molecule has 0 saturated heterocycles. The van der Waals surface area contributed by atoms with E-state index in [0.29, 0.717) is 38.9 Å². The standard InChI is InChI=1S/C17H34N4O3/c1-16(2,3)12-13(22)8-7-9-18-14(23)19-10-11-20-15(24)21-17(4,5)6/h7-12H2,1-6H3,(H2,18,19,23)(H2,20,21,24). The first-order chi connectivity index (χ1) is 10.9. The largest absolute Gasteiger partial charge is 0.338 e. The summed E-state index contributed by atoms with van der Waals surface area (Å²) in [5.74, 6) is 0.221. The second kappa shape index (κ2) is 10.2. The summed E-state index contributed by atoms with van der Waals surface area (Å²) in [6.07, 6.45) is 1.67. The quantitative estimate of drug-likeness (QED) is 0.509. The molecule has 0 fully saturated rings. The van der Waals surface area contributed by atoms with Gasteiger partial charge in [-0.15, -0.1) is 0 Å². The molecule has 7 nitrogen and oxygen atoms in total. The second-order valence-corrected chi connectivity index (χ2v) is 8.19. The fourth-order valence-electron chi connectivity index (χ4n) is 1.97. The maximum atomic E-state index is 11.7. The molecule has 7 heteroatoms. The lowest BCUT2D eigenvalue weighted by Crippen LogP contribution is -2.48. The van der Waals surface area contributed by atoms with Gasteiger partial charge in [-0.3, -0.25) is 4.79 Å². The molecule has 0 aromatic heterocycles. The summed E-state index contributed by atoms with van der Waals surface area (Å²) in [6.45, 7) is 12.9. The van der Waals surface area contributed by atoms with Crippen LogP contribution in [-0.4, -0.2) is 43.0 Å². The molecule has 0 heterocycles. The summed E-state index contributed by atoms with van der Waals surface area (Å²) < 4.78 is 0. The van der Waals surface area contributed by atoms with Crippen LogP contribution in [0.4, 0.5) is 9.59 Å². The van der Waals surface area contributed by atoms with Gasteiger partial charge in [-0.05, 0) is 32.6 Å². The Bertz CT molecular complexity index is 385. The SMILES string of the molecule is CC(C)(C)CC(=O)CCCNC(=O)NCCNC(=O)NC(C)(C)C. The molecule has 24 heavy (non-hydrogen) atoms. The highest BCUT2D eigenvalue weighted by Crippen LogP contribution is 2.19. The molecule has 4 amide bonds. The second-order valence-electron chi connectivity index (χ2n) is 8.19. The van der Waals surface area contributed by atoms with E-state index in [4.69, 9.17) is 0 Å². The van der Waals surface area contributed by atoms with Crippen molar-refractivity contribution < 1.29 is 14.4 Å². The third-order valence-corrected chi connectivity index (χ3v) is 2.83. The van der Waals surface area contributed by atoms with E-state index in [0.717, 1.165) is 0 Å². The number of Topliss-reactive ketones (excluding diaryl/α,β-unsaturated/α-hetero) is 1. The average Bonchev–Trinajstić information content (AvgIpc) is 2.35. The third-order valence-electron chi connectivity index (χ3n) is 2.83. The first-order valence-electron chi connectivity index (χ1n) is 8.48. The molecule has 0 rings (SSSR count). The zero-order chi connectivity index (χ0) is 18.8. The lowest BCUT2D eigenvalue weighted by molar-refractivity contribution is -0.120. The molecular weight excluding hydrogens is 308 g/mol. The van der Waals surface area contributed by atoms with Crippen LogP contribution < -0.4 is 21.3 Å². The molecule has 0 aliphatic heterocycles. The highest BCUT2D eigenvalue weighted by atomic mass is 16.2. The maximum absolute atomic E-state index is 11.7. The Morgan fingerprint density at radius 3 is 1.75 bits per heavy atom. The zero-order valence-corrected chi connectivity index (χ0v) is 16.0. The van der Waals surface area contributed by atoms with Gasteiger partial charge in [-0.1, -0.05) is 20.8 Å². The van der Waals surface area contributed by atoms with Crippen LogP contribution in [0.3, 0.4) is 0 Å². The lowest BCUT2D eigenvalue weighted by atomic mass is 9.89. The maximum Gasteiger partial charge on any atom is 0.315 e. The van der Waals surface area contributed by atoms with E-state index in [-0.39, 0.29) is 28.8 Å². The Hall–Kier alpha value is -1.79. The van der Waals surface area contributed by atoms with E-state index < -0.39 is 0 Å². The highest BCUT2D eigenvalue weighted by Gasteiger charge is 2.15. The summed E-state index contributed by atoms with van der Waals surface area (Å²) in [6, 6.07) is -0.557. The number of rotatable bonds is 8. The monoisotopic (exact) mass is 342 g/mol. The number of ketones is 1. The third kappa shape index (κ3) is 15.1. The number of hydrogen-bond donors (Lipinski definition) is 4. The number of urea groups is 2. The van der Waals surface area contributed by atoms with Gasteiger partial charge >= 0.3 is 12.1 Å². The topological polar surface area (TPSA) is 99.3 Å². The van der Waals surface area contributed by atoms with Crippen LogP contribution >= 0.6 is 0 Å². The number of amides is 4. The van der Waals surface area contributed by atoms with Gasteiger partial charge in [-0.2, -0.15) is 0 Å². The van der Waals surface area contributed by atoms with Crippen LogP contribution in [0.2, 0.25) is 0 Å². The summed E-state index contributed by atoms with van der Waals surface area (Å²) in [5, 5.41) is 10.8. The first kappa shape index (κ1) is 22.2. The van der Waals surface area contributed by atoms with Gasteiger partial charge in [-0.25, -0.2) is 9.59 Å². The molecular formula is C17H34N4O3. The van der Waals surface area contributed by atoms with Crippen LogP contribution in [0.25, 0.3) is 0 Å². The minimum absolute atomic E-state index is 0.00810. The smallest absolute Gasteiger partial charge is 0.315 e. The Morgan fingerprint density at radius 1 is 0.750 bits per heavy atom. The molecule has 0 aliphatic carbocycles. The molecule has 0 aromatic rings. The Kier molecular flexibility index (Phi) is 9.40. The zero-order valence-electron chi connectivity index (χ0n) is 16.0. The summed E-state index contributed by atoms with van der Waals surface area (Å²) in [5.41, 5.74) is -0.284. The Morgan fingerprint density at radius 2 is 1.25 bits per heavy atom. The molecule has 0 unspecified atom stereocenters. The molecule has 0 bridgehead atoms. The van der Waals surface area contributed by atoms with Gasteiger partial charge in [0.25, 0.3) is 0 Å². The van der Waals surface area contributed by atoms with Gasteiger partial charge in [0.1, 0.15) is 5.78 Å². The summed E-state index contributed by atoms with van der Waals surface area (Å²) in [4.78, 5) is 34.8. The van der Waals surface area contributed by atoms with Crippen molar-refractivity contribution >= 4 is 17.8 Å². The summed E-state index contributed by atoms with van der Waals surface area (Å²) in [7, 11) is 0. The molecule has 0 aromatic carbocycles. The van der Waals surface area contributed by atoms with Gasteiger partial charge in [0.05, 0.1) is 0 Å². The van der Waals surface area contributed by atoms with Crippen LogP contribution in [0.1, 0.15) is 60.8 Å². The minimum atomic E-state index is -0.295. The van der Waals surface area contributed by atoms with Crippen molar-refractivity contribution in [2.75, 3.05) is 19.6 Å². The predicted octanol–water partition coefficient (Wildman–Crippen LogP) is 2.17. The van der Waals surface area contributed by atoms with Gasteiger partial charge < -0.3 is 21.3 Å². The van der Waals surface area contributed by atoms with Crippen LogP contribution in [0.15, 0.2) is 0 Å². The molecule has 0 saturated carbocycles. The van der Waals surface area contributed by atoms with Crippen molar-refractivity contribution in [2.45, 2.75) is 66.3 Å². The predicted molar refractivity (Wildman–Crippen MR) is 96.0 cm³/mol. The fourth-order valence-corrected chi connectivity index (χ4v) is 1.97. The van der Waals surface area contributed by atoms with Crippen LogP contribution in [0, 0.1) is 5.41 Å². The Balaban J connectivity index is 3.64. The number of hydrogen-bond acceptors (Lipinski definition) is 3. The van der Waals surface area contributed by atoms with Gasteiger partial charge in [0.15, 0.2) is 0 Å². The van der Waals surface area contributed by atoms with E-state index in [9.17, 15) is 14.4 Å². The van der Waals surface area contributed by atoms with Crippen molar-refractivity contribution in [3.63, 3.8) is 0 Å². The van der Waals surface area contributed by atoms with Crippen molar-refractivity contribution in [1.29, 1.82) is 0 Å². The fraction of sp³-hybridized carbons (Fsp3) is 0.824. The van der Waals surface area contributed by atoms with E-state index in [2.05, 4.69) is 21.3 Å². The molecule has 0 aliphatic rings. The van der Waals surface area contributed by atoms with E-state index in [1.54, 1.807) is 0 Å². The average molecular weight is 342 g/mol. The Labute approximate surface area is 145 Å². The number of carbonyl (C=O) groups excluding carboxylic acids is 3. The van der Waals surface area contributed by atoms with E-state index >= 15 is 0 Å². The molecule has 0 spiro atoms. The molecule has 4 N–H and O–H groups in total. The highest BCUT2D eigenvalue weighted by molar-refractivity contribution is 5.79. The van der Waals surface area contributed by atoms with E-state index in [1.807, 2.05) is 41.5 Å². The van der Waals surface area contributed by atoms with Gasteiger partial charge in [0.2, 0.25) is 0 Å². The molecule has 140 valence electrons. The van der Waals surface area contributed by atoms with Crippen LogP contribution in [-0.2, 0) is 4.79 Å². The van der Waals surface area contributed by atoms with Crippen molar-refractivity contribution in [3.8, 4) is 0 Å². The minimum Gasteiger partial charge on any atom is -0.338 e. The molecule has 0 radical (unpaired) electrons. The van der Waals surface area contributed by atoms with Crippen molar-refractivity contribution in [1.82, 2.24) is 21.3 Å². The lowest BCUT2D eigenvalue weighted by Gasteiger charge is -2.20. The number of carbonyl (C=O) groups is 3.